The lowest BCUT2D eigenvalue weighted by atomic mass is 9.97. The first kappa shape index (κ1) is 12.6. The first-order valence-electron chi connectivity index (χ1n) is 7.19. The molecule has 2 N–H and O–H groups in total. The molecule has 102 valence electrons. The van der Waals surface area contributed by atoms with Crippen LogP contribution in [0.15, 0.2) is 24.5 Å². The summed E-state index contributed by atoms with van der Waals surface area (Å²) < 4.78 is 0. The van der Waals surface area contributed by atoms with Gasteiger partial charge in [-0.05, 0) is 43.7 Å². The number of pyridine rings is 1. The van der Waals surface area contributed by atoms with Crippen molar-refractivity contribution in [1.29, 1.82) is 0 Å². The molecular formula is C15H21N3O. The molecule has 1 amide bonds. The smallest absolute Gasteiger partial charge is 0.223 e. The number of nitrogens with zero attached hydrogens (tertiary/aromatic N) is 2. The number of carbonyl (C=O) groups is 1. The van der Waals surface area contributed by atoms with Gasteiger partial charge in [0.1, 0.15) is 0 Å². The Bertz CT molecular complexity index is 434. The van der Waals surface area contributed by atoms with Crippen molar-refractivity contribution in [2.45, 2.75) is 56.7 Å². The Labute approximate surface area is 114 Å². The van der Waals surface area contributed by atoms with Gasteiger partial charge in [0.25, 0.3) is 0 Å². The number of hydrogen-bond acceptors (Lipinski definition) is 3. The van der Waals surface area contributed by atoms with Crippen LogP contribution in [0.4, 0.5) is 0 Å². The number of aryl methyl sites for hydroxylation is 1. The van der Waals surface area contributed by atoms with Crippen LogP contribution in [-0.2, 0) is 11.2 Å². The zero-order valence-corrected chi connectivity index (χ0v) is 11.2. The van der Waals surface area contributed by atoms with Gasteiger partial charge in [-0.2, -0.15) is 0 Å². The molecule has 2 aliphatic rings. The Kier molecular flexibility index (Phi) is 3.51. The average Bonchev–Trinajstić information content (AvgIpc) is 2.70. The number of piperidine rings is 1. The minimum Gasteiger partial charge on any atom is -0.337 e. The third-order valence-corrected chi connectivity index (χ3v) is 4.41. The van der Waals surface area contributed by atoms with Crippen molar-refractivity contribution in [1.82, 2.24) is 9.88 Å². The summed E-state index contributed by atoms with van der Waals surface area (Å²) in [4.78, 5) is 18.6. The molecule has 0 saturated carbocycles. The molecule has 4 nitrogen and oxygen atoms in total. The maximum Gasteiger partial charge on any atom is 0.223 e. The van der Waals surface area contributed by atoms with Crippen LogP contribution in [0.25, 0.3) is 0 Å². The number of nitrogens with two attached hydrogens (primary N) is 1. The normalized spacial score (nSPS) is 29.5. The summed E-state index contributed by atoms with van der Waals surface area (Å²) in [5.41, 5.74) is 7.17. The Morgan fingerprint density at radius 3 is 2.74 bits per heavy atom. The second-order valence-electron chi connectivity index (χ2n) is 5.78. The zero-order chi connectivity index (χ0) is 13.2. The highest BCUT2D eigenvalue weighted by Gasteiger charge is 2.41. The molecule has 0 aliphatic carbocycles. The van der Waals surface area contributed by atoms with Gasteiger partial charge >= 0.3 is 0 Å². The molecule has 3 rings (SSSR count). The van der Waals surface area contributed by atoms with Crippen LogP contribution in [0, 0.1) is 0 Å². The highest BCUT2D eigenvalue weighted by molar-refractivity contribution is 5.77. The minimum atomic E-state index is 0.292. The molecule has 2 unspecified atom stereocenters. The van der Waals surface area contributed by atoms with E-state index >= 15 is 0 Å². The van der Waals surface area contributed by atoms with E-state index in [0.717, 1.165) is 37.7 Å². The van der Waals surface area contributed by atoms with Crippen LogP contribution < -0.4 is 5.73 Å². The number of hydrogen-bond donors (Lipinski definition) is 1. The summed E-state index contributed by atoms with van der Waals surface area (Å²) in [5.74, 6) is 0.295. The van der Waals surface area contributed by atoms with E-state index in [0.29, 0.717) is 30.5 Å². The van der Waals surface area contributed by atoms with Gasteiger partial charge in [0, 0.05) is 36.9 Å². The summed E-state index contributed by atoms with van der Waals surface area (Å²) >= 11 is 0. The molecule has 1 aromatic rings. The van der Waals surface area contributed by atoms with Crippen LogP contribution in [0.2, 0.25) is 0 Å². The van der Waals surface area contributed by atoms with Gasteiger partial charge in [0.15, 0.2) is 0 Å². The Hall–Kier alpha value is -1.42. The lowest BCUT2D eigenvalue weighted by Gasteiger charge is -2.37. The highest BCUT2D eigenvalue weighted by atomic mass is 16.2. The standard InChI is InChI=1S/C15H21N3O/c16-12-8-13-4-5-14(9-12)18(13)15(19)6-3-11-2-1-7-17-10-11/h1-2,7,10,12-14H,3-6,8-9,16H2. The molecule has 0 aromatic carbocycles. The van der Waals surface area contributed by atoms with Crippen LogP contribution in [0.3, 0.4) is 0 Å². The van der Waals surface area contributed by atoms with E-state index in [9.17, 15) is 4.79 Å². The maximum atomic E-state index is 12.4. The molecule has 2 aliphatic heterocycles. The summed E-state index contributed by atoms with van der Waals surface area (Å²) in [6, 6.07) is 5.04. The fourth-order valence-corrected chi connectivity index (χ4v) is 3.55. The first-order chi connectivity index (χ1) is 9.24. The fraction of sp³-hybridized carbons (Fsp3) is 0.600. The van der Waals surface area contributed by atoms with Gasteiger partial charge in [-0.3, -0.25) is 9.78 Å². The molecule has 2 saturated heterocycles. The molecular weight excluding hydrogens is 238 g/mol. The fourth-order valence-electron chi connectivity index (χ4n) is 3.55. The van der Waals surface area contributed by atoms with Crippen LogP contribution >= 0.6 is 0 Å². The maximum absolute atomic E-state index is 12.4. The lowest BCUT2D eigenvalue weighted by molar-refractivity contribution is -0.135. The van der Waals surface area contributed by atoms with E-state index in [1.54, 1.807) is 6.20 Å². The average molecular weight is 259 g/mol. The number of rotatable bonds is 3. The van der Waals surface area contributed by atoms with E-state index in [4.69, 9.17) is 5.73 Å². The van der Waals surface area contributed by atoms with E-state index in [1.807, 2.05) is 18.3 Å². The van der Waals surface area contributed by atoms with E-state index < -0.39 is 0 Å². The van der Waals surface area contributed by atoms with E-state index in [1.165, 1.54) is 0 Å². The molecule has 1 aromatic heterocycles. The number of carbonyl (C=O) groups excluding carboxylic acids is 1. The van der Waals surface area contributed by atoms with Gasteiger partial charge in [0.2, 0.25) is 5.91 Å². The van der Waals surface area contributed by atoms with Crippen LogP contribution in [0.1, 0.15) is 37.7 Å². The summed E-state index contributed by atoms with van der Waals surface area (Å²) in [6.07, 6.45) is 9.21. The number of fused-ring (bicyclic) bond motifs is 2. The number of amides is 1. The van der Waals surface area contributed by atoms with Crippen molar-refractivity contribution in [2.75, 3.05) is 0 Å². The van der Waals surface area contributed by atoms with Crippen LogP contribution in [0.5, 0.6) is 0 Å². The van der Waals surface area contributed by atoms with E-state index in [2.05, 4.69) is 9.88 Å². The third-order valence-electron chi connectivity index (χ3n) is 4.41. The summed E-state index contributed by atoms with van der Waals surface area (Å²) in [7, 11) is 0. The van der Waals surface area contributed by atoms with Gasteiger partial charge in [0.05, 0.1) is 0 Å². The van der Waals surface area contributed by atoms with Crippen LogP contribution in [-0.4, -0.2) is 33.9 Å². The number of aromatic nitrogens is 1. The highest BCUT2D eigenvalue weighted by Crippen LogP contribution is 2.35. The molecule has 0 spiro atoms. The van der Waals surface area contributed by atoms with Gasteiger partial charge in [-0.1, -0.05) is 6.07 Å². The Morgan fingerprint density at radius 2 is 2.11 bits per heavy atom. The largest absolute Gasteiger partial charge is 0.337 e. The predicted octanol–water partition coefficient (Wildman–Crippen LogP) is 1.49. The Balaban J connectivity index is 1.59. The molecule has 0 radical (unpaired) electrons. The second kappa shape index (κ2) is 5.29. The molecule has 2 fully saturated rings. The molecule has 2 bridgehead atoms. The topological polar surface area (TPSA) is 59.2 Å². The monoisotopic (exact) mass is 259 g/mol. The molecule has 2 atom stereocenters. The van der Waals surface area contributed by atoms with Crippen molar-refractivity contribution >= 4 is 5.91 Å². The summed E-state index contributed by atoms with van der Waals surface area (Å²) in [6.45, 7) is 0. The molecule has 3 heterocycles. The SMILES string of the molecule is NC1CC2CCC(C1)N2C(=O)CCc1cccnc1. The van der Waals surface area contributed by atoms with Gasteiger partial charge in [-0.15, -0.1) is 0 Å². The minimum absolute atomic E-state index is 0.292. The van der Waals surface area contributed by atoms with Crippen molar-refractivity contribution in [3.05, 3.63) is 30.1 Å². The molecule has 4 heteroatoms. The van der Waals surface area contributed by atoms with Gasteiger partial charge < -0.3 is 10.6 Å². The van der Waals surface area contributed by atoms with Crippen molar-refractivity contribution in [3.63, 3.8) is 0 Å². The zero-order valence-electron chi connectivity index (χ0n) is 11.2. The summed E-state index contributed by atoms with van der Waals surface area (Å²) in [5, 5.41) is 0. The predicted molar refractivity (Wildman–Crippen MR) is 73.4 cm³/mol. The second-order valence-corrected chi connectivity index (χ2v) is 5.78. The van der Waals surface area contributed by atoms with Crippen molar-refractivity contribution in [2.24, 2.45) is 5.73 Å². The van der Waals surface area contributed by atoms with Crippen molar-refractivity contribution < 1.29 is 4.79 Å². The van der Waals surface area contributed by atoms with Gasteiger partial charge in [-0.25, -0.2) is 0 Å². The first-order valence-corrected chi connectivity index (χ1v) is 7.19. The van der Waals surface area contributed by atoms with Crippen molar-refractivity contribution in [3.8, 4) is 0 Å². The van der Waals surface area contributed by atoms with E-state index in [-0.39, 0.29) is 0 Å². The Morgan fingerprint density at radius 1 is 1.37 bits per heavy atom. The molecule has 19 heavy (non-hydrogen) atoms. The quantitative estimate of drug-likeness (QED) is 0.894. The lowest BCUT2D eigenvalue weighted by Crippen LogP contribution is -2.50. The third kappa shape index (κ3) is 2.63.